The number of amides is 1. The van der Waals surface area contributed by atoms with Crippen molar-refractivity contribution in [3.8, 4) is 5.69 Å². The third-order valence-electron chi connectivity index (χ3n) is 5.65. The molecule has 0 radical (unpaired) electrons. The van der Waals surface area contributed by atoms with Crippen LogP contribution in [0.5, 0.6) is 0 Å². The van der Waals surface area contributed by atoms with Gasteiger partial charge < -0.3 is 0 Å². The summed E-state index contributed by atoms with van der Waals surface area (Å²) in [6, 6.07) is 14.5. The van der Waals surface area contributed by atoms with Gasteiger partial charge in [0.2, 0.25) is 0 Å². The van der Waals surface area contributed by atoms with Crippen LogP contribution >= 0.6 is 46.3 Å². The molecule has 4 aromatic rings. The fraction of sp³-hybridized carbons (Fsp3) is 0.200. The zero-order valence-corrected chi connectivity index (χ0v) is 21.6. The van der Waals surface area contributed by atoms with Gasteiger partial charge in [-0.05, 0) is 61.1 Å². The number of hydrogen-bond donors (Lipinski definition) is 1. The number of hydrazone groups is 1. The van der Waals surface area contributed by atoms with Crippen LogP contribution in [0.25, 0.3) is 15.9 Å². The molecule has 35 heavy (non-hydrogen) atoms. The van der Waals surface area contributed by atoms with Crippen LogP contribution < -0.4 is 11.0 Å². The zero-order valence-electron chi connectivity index (χ0n) is 18.5. The molecular weight excluding hydrogens is 523 g/mol. The number of benzene rings is 2. The molecule has 178 valence electrons. The molecule has 0 aliphatic heterocycles. The van der Waals surface area contributed by atoms with Crippen LogP contribution in [0.3, 0.4) is 0 Å². The van der Waals surface area contributed by atoms with Crippen molar-refractivity contribution >= 4 is 68.6 Å². The topological polar surface area (TPSA) is 76.3 Å². The van der Waals surface area contributed by atoms with E-state index in [0.717, 1.165) is 41.8 Å². The van der Waals surface area contributed by atoms with Crippen LogP contribution in [0, 0.1) is 0 Å². The van der Waals surface area contributed by atoms with Crippen LogP contribution in [0.2, 0.25) is 10.0 Å². The summed E-state index contributed by atoms with van der Waals surface area (Å²) in [5.41, 5.74) is 5.00. The van der Waals surface area contributed by atoms with E-state index in [9.17, 15) is 9.59 Å². The van der Waals surface area contributed by atoms with E-state index in [-0.39, 0.29) is 17.2 Å². The molecule has 0 unspecified atom stereocenters. The standard InChI is InChI=1S/C25H20Cl2N4O2S2/c26-18-11-10-15(12-19(18)27)13-28-30-21(32)14-34-25-29-23-22(17-8-4-5-9-20(17)35-23)24(33)31(25)16-6-2-1-3-7-16/h1-3,6-7,10-13H,4-5,8-9,14H2,(H,30,32)/b28-13-. The maximum atomic E-state index is 13.7. The molecule has 0 bridgehead atoms. The average molecular weight is 544 g/mol. The number of para-hydroxylation sites is 1. The Bertz CT molecular complexity index is 1500. The van der Waals surface area contributed by atoms with Crippen molar-refractivity contribution in [2.75, 3.05) is 5.75 Å². The highest BCUT2D eigenvalue weighted by atomic mass is 35.5. The Kier molecular flexibility index (Phi) is 7.24. The van der Waals surface area contributed by atoms with E-state index < -0.39 is 0 Å². The fourth-order valence-electron chi connectivity index (χ4n) is 4.02. The second kappa shape index (κ2) is 10.5. The molecule has 0 saturated carbocycles. The molecule has 0 fully saturated rings. The summed E-state index contributed by atoms with van der Waals surface area (Å²) >= 11 is 14.7. The Morgan fingerprint density at radius 2 is 1.94 bits per heavy atom. The number of carbonyl (C=O) groups excluding carboxylic acids is 1. The average Bonchev–Trinajstić information content (AvgIpc) is 3.24. The summed E-state index contributed by atoms with van der Waals surface area (Å²) in [5, 5.41) is 6.05. The summed E-state index contributed by atoms with van der Waals surface area (Å²) in [4.78, 5) is 33.0. The summed E-state index contributed by atoms with van der Waals surface area (Å²) in [6.07, 6.45) is 5.61. The fourth-order valence-corrected chi connectivity index (χ4v) is 6.44. The second-order valence-corrected chi connectivity index (χ2v) is 10.9. The Balaban J connectivity index is 1.40. The molecule has 5 rings (SSSR count). The largest absolute Gasteiger partial charge is 0.272 e. The van der Waals surface area contributed by atoms with E-state index >= 15 is 0 Å². The SMILES string of the molecule is O=C(CSc1nc2sc3c(c2c(=O)n1-c1ccccc1)CCCC3)N/N=C\c1ccc(Cl)c(Cl)c1. The lowest BCUT2D eigenvalue weighted by Gasteiger charge is -2.13. The molecule has 6 nitrogen and oxygen atoms in total. The lowest BCUT2D eigenvalue weighted by molar-refractivity contribution is -0.118. The minimum Gasteiger partial charge on any atom is -0.272 e. The highest BCUT2D eigenvalue weighted by molar-refractivity contribution is 7.99. The van der Waals surface area contributed by atoms with Crippen molar-refractivity contribution < 1.29 is 4.79 Å². The first-order valence-corrected chi connectivity index (χ1v) is 13.6. The first kappa shape index (κ1) is 24.1. The molecule has 2 aromatic heterocycles. The molecule has 1 amide bonds. The van der Waals surface area contributed by atoms with Crippen molar-refractivity contribution in [1.29, 1.82) is 0 Å². The van der Waals surface area contributed by atoms with Crippen LogP contribution in [0.4, 0.5) is 0 Å². The molecule has 2 heterocycles. The summed E-state index contributed by atoms with van der Waals surface area (Å²) in [7, 11) is 0. The summed E-state index contributed by atoms with van der Waals surface area (Å²) in [6.45, 7) is 0. The Morgan fingerprint density at radius 1 is 1.14 bits per heavy atom. The normalized spacial score (nSPS) is 13.3. The van der Waals surface area contributed by atoms with Crippen molar-refractivity contribution in [3.05, 3.63) is 84.9 Å². The quantitative estimate of drug-likeness (QED) is 0.143. The Hall–Kier alpha value is -2.65. The van der Waals surface area contributed by atoms with E-state index in [1.54, 1.807) is 34.1 Å². The maximum absolute atomic E-state index is 13.7. The highest BCUT2D eigenvalue weighted by Gasteiger charge is 2.23. The number of hydrogen-bond acceptors (Lipinski definition) is 6. The summed E-state index contributed by atoms with van der Waals surface area (Å²) in [5.74, 6) is -0.264. The van der Waals surface area contributed by atoms with Gasteiger partial charge in [-0.2, -0.15) is 5.10 Å². The van der Waals surface area contributed by atoms with Gasteiger partial charge in [-0.25, -0.2) is 10.4 Å². The zero-order chi connectivity index (χ0) is 24.4. The first-order valence-electron chi connectivity index (χ1n) is 11.0. The van der Waals surface area contributed by atoms with E-state index in [0.29, 0.717) is 26.2 Å². The highest BCUT2D eigenvalue weighted by Crippen LogP contribution is 2.35. The number of fused-ring (bicyclic) bond motifs is 3. The number of carbonyl (C=O) groups is 1. The molecule has 1 aliphatic carbocycles. The second-order valence-electron chi connectivity index (χ2n) is 8.02. The van der Waals surface area contributed by atoms with Gasteiger partial charge >= 0.3 is 0 Å². The number of thiophene rings is 1. The number of aryl methyl sites for hydroxylation is 2. The van der Waals surface area contributed by atoms with E-state index in [1.165, 1.54) is 22.9 Å². The van der Waals surface area contributed by atoms with Crippen LogP contribution in [-0.2, 0) is 17.6 Å². The number of thioether (sulfide) groups is 1. The Labute approximate surface area is 220 Å². The van der Waals surface area contributed by atoms with Crippen molar-refractivity contribution in [3.63, 3.8) is 0 Å². The van der Waals surface area contributed by atoms with E-state index in [1.807, 2.05) is 30.3 Å². The van der Waals surface area contributed by atoms with Gasteiger partial charge in [0.05, 0.1) is 33.1 Å². The number of nitrogens with zero attached hydrogens (tertiary/aromatic N) is 3. The van der Waals surface area contributed by atoms with Crippen LogP contribution in [0.1, 0.15) is 28.8 Å². The van der Waals surface area contributed by atoms with E-state index in [2.05, 4.69) is 10.5 Å². The monoisotopic (exact) mass is 542 g/mol. The predicted octanol–water partition coefficient (Wildman–Crippen LogP) is 5.88. The molecule has 0 saturated heterocycles. The molecular formula is C25H20Cl2N4O2S2. The van der Waals surface area contributed by atoms with Crippen molar-refractivity contribution in [2.24, 2.45) is 5.10 Å². The van der Waals surface area contributed by atoms with Gasteiger partial charge in [0.25, 0.3) is 11.5 Å². The number of halogens is 2. The smallest absolute Gasteiger partial charge is 0.267 e. The van der Waals surface area contributed by atoms with E-state index in [4.69, 9.17) is 28.2 Å². The third-order valence-corrected chi connectivity index (χ3v) is 8.51. The molecule has 10 heteroatoms. The number of aromatic nitrogens is 2. The molecule has 1 N–H and O–H groups in total. The lowest BCUT2D eigenvalue weighted by Crippen LogP contribution is -2.24. The molecule has 0 spiro atoms. The summed E-state index contributed by atoms with van der Waals surface area (Å²) < 4.78 is 1.61. The van der Waals surface area contributed by atoms with Gasteiger partial charge in [0.15, 0.2) is 5.16 Å². The number of rotatable bonds is 6. The maximum Gasteiger partial charge on any atom is 0.267 e. The third kappa shape index (κ3) is 5.16. The number of nitrogens with one attached hydrogen (secondary N) is 1. The van der Waals surface area contributed by atoms with Gasteiger partial charge in [-0.15, -0.1) is 11.3 Å². The minimum atomic E-state index is -0.314. The van der Waals surface area contributed by atoms with Crippen LogP contribution in [-0.4, -0.2) is 27.4 Å². The molecule has 0 atom stereocenters. The van der Waals surface area contributed by atoms with Gasteiger partial charge in [-0.1, -0.05) is 59.2 Å². The van der Waals surface area contributed by atoms with Crippen molar-refractivity contribution in [2.45, 2.75) is 30.8 Å². The van der Waals surface area contributed by atoms with Crippen LogP contribution in [0.15, 0.2) is 63.6 Å². The molecule has 2 aromatic carbocycles. The first-order chi connectivity index (χ1) is 17.0. The van der Waals surface area contributed by atoms with Crippen molar-refractivity contribution in [1.82, 2.24) is 15.0 Å². The van der Waals surface area contributed by atoms with Gasteiger partial charge in [-0.3, -0.25) is 14.2 Å². The minimum absolute atomic E-state index is 0.0502. The predicted molar refractivity (Wildman–Crippen MR) is 145 cm³/mol. The lowest BCUT2D eigenvalue weighted by atomic mass is 9.97. The van der Waals surface area contributed by atoms with Gasteiger partial charge in [0.1, 0.15) is 4.83 Å². The van der Waals surface area contributed by atoms with Gasteiger partial charge in [0, 0.05) is 4.88 Å². The Morgan fingerprint density at radius 3 is 2.74 bits per heavy atom. The molecule has 1 aliphatic rings.